The van der Waals surface area contributed by atoms with E-state index in [4.69, 9.17) is 47.4 Å². The number of carbonyl (C=O) groups is 7. The Morgan fingerprint density at radius 3 is 1.21 bits per heavy atom. The van der Waals surface area contributed by atoms with Crippen molar-refractivity contribution in [1.82, 2.24) is 42.1 Å². The standard InChI is InChI=1S/C57H102N8O26/c1-32(69)62-43-49(77)46(74)38(29-66)88-54(43)85-24-21-82-18-15-58-41(72)27-65(28-42(73)59-16-19-83-22-25-86-55-44(63-33(2)70)50(78)47(75)39(30-67)89-55)37(9-7-8-14-60-52(80)35-10-12-36(13-11-35)91-57(4,5)6)53(81)61-17-20-84-23-26-87-56-45(64-34(3)71)51(79)48(76)40(31-68)90-56/h35-40,43-51,54-56,66-68,74-79H,7-31H2,1-6H3,(H,58,72)(H,59,73)(H,60,80)(H,61,81)(H,62,69)(H,63,70)(H,64,71). The molecular weight excluding hydrogens is 1210 g/mol. The van der Waals surface area contributed by atoms with Gasteiger partial charge in [0.1, 0.15) is 73.1 Å². The van der Waals surface area contributed by atoms with Gasteiger partial charge in [-0.25, -0.2) is 0 Å². The zero-order valence-electron chi connectivity index (χ0n) is 53.0. The average Bonchev–Trinajstić information content (AvgIpc) is 0.989. The van der Waals surface area contributed by atoms with E-state index in [1.807, 2.05) is 20.8 Å². The summed E-state index contributed by atoms with van der Waals surface area (Å²) in [7, 11) is 0. The van der Waals surface area contributed by atoms with Gasteiger partial charge in [0.2, 0.25) is 41.4 Å². The molecule has 91 heavy (non-hydrogen) atoms. The van der Waals surface area contributed by atoms with Crippen LogP contribution >= 0.6 is 0 Å². The Balaban J connectivity index is 1.40. The number of aliphatic hydroxyl groups excluding tert-OH is 9. The van der Waals surface area contributed by atoms with E-state index in [0.29, 0.717) is 25.7 Å². The van der Waals surface area contributed by atoms with Crippen molar-refractivity contribution in [2.24, 2.45) is 5.92 Å². The number of ether oxygens (including phenoxy) is 10. The van der Waals surface area contributed by atoms with Crippen LogP contribution in [0, 0.1) is 5.92 Å². The van der Waals surface area contributed by atoms with E-state index in [0.717, 1.165) is 12.8 Å². The van der Waals surface area contributed by atoms with Crippen LogP contribution in [0.1, 0.15) is 86.5 Å². The average molecular weight is 1320 g/mol. The maximum atomic E-state index is 14.3. The SMILES string of the molecule is CC(=O)NC1C(OCCOCCNC(=O)CN(CC(=O)NCCOCCOC2OC(CO)C(O)C(O)C2NC(C)=O)C(CCCCNC(=O)C2CCC(OC(C)(C)C)CC2)C(=O)NCCOCCOC2OC(CO)C(O)C(O)C2NC(C)=O)OC(CO)C(O)C1O. The van der Waals surface area contributed by atoms with Gasteiger partial charge in [-0.2, -0.15) is 0 Å². The minimum Gasteiger partial charge on any atom is -0.394 e. The summed E-state index contributed by atoms with van der Waals surface area (Å²) >= 11 is 0. The fraction of sp³-hybridized carbons (Fsp3) is 0.877. The van der Waals surface area contributed by atoms with E-state index >= 15 is 0 Å². The highest BCUT2D eigenvalue weighted by Crippen LogP contribution is 2.30. The lowest BCUT2D eigenvalue weighted by molar-refractivity contribution is -0.272. The molecule has 16 N–H and O–H groups in total. The zero-order chi connectivity index (χ0) is 67.2. The predicted octanol–water partition coefficient (Wildman–Crippen LogP) is -7.40. The van der Waals surface area contributed by atoms with Crippen LogP contribution in [0.5, 0.6) is 0 Å². The van der Waals surface area contributed by atoms with E-state index < -0.39 is 166 Å². The van der Waals surface area contributed by atoms with Gasteiger partial charge >= 0.3 is 0 Å². The van der Waals surface area contributed by atoms with Crippen molar-refractivity contribution in [3.05, 3.63) is 0 Å². The zero-order valence-corrected chi connectivity index (χ0v) is 53.0. The highest BCUT2D eigenvalue weighted by Gasteiger charge is 2.48. The first-order valence-corrected chi connectivity index (χ1v) is 31.1. The minimum absolute atomic E-state index is 0.0502. The molecule has 526 valence electrons. The Bertz CT molecular complexity index is 2110. The summed E-state index contributed by atoms with van der Waals surface area (Å²) in [6.07, 6.45) is -12.7. The fourth-order valence-corrected chi connectivity index (χ4v) is 10.7. The molecule has 0 aromatic rings. The number of carbonyl (C=O) groups excluding carboxylic acids is 7. The van der Waals surface area contributed by atoms with Gasteiger partial charge in [-0.3, -0.25) is 38.5 Å². The Kier molecular flexibility index (Phi) is 35.9. The first-order valence-electron chi connectivity index (χ1n) is 31.1. The van der Waals surface area contributed by atoms with Gasteiger partial charge in [-0.1, -0.05) is 0 Å². The molecule has 3 heterocycles. The van der Waals surface area contributed by atoms with Crippen molar-refractivity contribution in [2.45, 2.75) is 196 Å². The largest absolute Gasteiger partial charge is 0.394 e. The van der Waals surface area contributed by atoms with Crippen LogP contribution in [0.15, 0.2) is 0 Å². The van der Waals surface area contributed by atoms with Crippen LogP contribution in [-0.2, 0) is 80.9 Å². The lowest BCUT2D eigenvalue weighted by atomic mass is 9.86. The molecule has 1 saturated carbocycles. The molecule has 16 atom stereocenters. The number of nitrogens with zero attached hydrogens (tertiary/aromatic N) is 1. The van der Waals surface area contributed by atoms with Gasteiger partial charge in [0.25, 0.3) is 0 Å². The third kappa shape index (κ3) is 27.8. The van der Waals surface area contributed by atoms with Gasteiger partial charge < -0.3 is 131 Å². The number of hydrogen-bond donors (Lipinski definition) is 16. The number of rotatable bonds is 40. The second-order valence-electron chi connectivity index (χ2n) is 23.7. The highest BCUT2D eigenvalue weighted by atomic mass is 16.7. The summed E-state index contributed by atoms with van der Waals surface area (Å²) in [5.74, 6) is -3.66. The number of amides is 7. The topological polar surface area (TPSA) is 481 Å². The summed E-state index contributed by atoms with van der Waals surface area (Å²) in [5.41, 5.74) is -0.304. The first-order chi connectivity index (χ1) is 43.3. The summed E-state index contributed by atoms with van der Waals surface area (Å²) in [4.78, 5) is 92.0. The maximum Gasteiger partial charge on any atom is 0.237 e. The molecule has 0 bridgehead atoms. The lowest BCUT2D eigenvalue weighted by Gasteiger charge is -2.42. The monoisotopic (exact) mass is 1310 g/mol. The molecule has 4 fully saturated rings. The maximum absolute atomic E-state index is 14.3. The van der Waals surface area contributed by atoms with E-state index in [1.165, 1.54) is 25.7 Å². The van der Waals surface area contributed by atoms with Gasteiger partial charge in [0, 0.05) is 52.9 Å². The highest BCUT2D eigenvalue weighted by molar-refractivity contribution is 5.86. The summed E-state index contributed by atoms with van der Waals surface area (Å²) < 4.78 is 56.9. The third-order valence-electron chi connectivity index (χ3n) is 15.2. The van der Waals surface area contributed by atoms with Crippen molar-refractivity contribution in [3.63, 3.8) is 0 Å². The normalized spacial score (nSPS) is 29.8. The van der Waals surface area contributed by atoms with Crippen LogP contribution in [0.4, 0.5) is 0 Å². The van der Waals surface area contributed by atoms with Crippen molar-refractivity contribution in [2.75, 3.05) is 119 Å². The molecule has 0 aromatic heterocycles. The Labute approximate surface area is 529 Å². The van der Waals surface area contributed by atoms with Gasteiger partial charge in [-0.05, 0) is 65.7 Å². The van der Waals surface area contributed by atoms with E-state index in [-0.39, 0.29) is 116 Å². The molecule has 7 amide bonds. The molecule has 34 heteroatoms. The van der Waals surface area contributed by atoms with E-state index in [2.05, 4.69) is 37.2 Å². The first kappa shape index (κ1) is 78.9. The molecule has 0 aromatic carbocycles. The Morgan fingerprint density at radius 1 is 0.484 bits per heavy atom. The van der Waals surface area contributed by atoms with Crippen LogP contribution in [0.3, 0.4) is 0 Å². The quantitative estimate of drug-likeness (QED) is 0.0253. The van der Waals surface area contributed by atoms with Crippen LogP contribution in [0.25, 0.3) is 0 Å². The molecule has 0 spiro atoms. The van der Waals surface area contributed by atoms with Crippen molar-refractivity contribution < 1.29 is 127 Å². The Hall–Kier alpha value is -4.51. The van der Waals surface area contributed by atoms with Gasteiger partial charge in [-0.15, -0.1) is 0 Å². The van der Waals surface area contributed by atoms with Crippen molar-refractivity contribution in [3.8, 4) is 0 Å². The molecule has 34 nitrogen and oxygen atoms in total. The smallest absolute Gasteiger partial charge is 0.237 e. The predicted molar refractivity (Wildman–Crippen MR) is 314 cm³/mol. The number of nitrogens with one attached hydrogen (secondary N) is 7. The van der Waals surface area contributed by atoms with Crippen molar-refractivity contribution in [1.29, 1.82) is 0 Å². The number of aliphatic hydroxyl groups is 9. The van der Waals surface area contributed by atoms with Crippen LogP contribution < -0.4 is 37.2 Å². The molecule has 16 unspecified atom stereocenters. The summed E-state index contributed by atoms with van der Waals surface area (Å²) in [5, 5.41) is 110. The van der Waals surface area contributed by atoms with Crippen LogP contribution in [-0.4, -0.2) is 320 Å². The van der Waals surface area contributed by atoms with E-state index in [9.17, 15) is 79.5 Å². The number of hydrogen-bond acceptors (Lipinski definition) is 27. The second kappa shape index (κ2) is 41.3. The molecule has 3 aliphatic heterocycles. The van der Waals surface area contributed by atoms with Gasteiger partial charge in [0.15, 0.2) is 18.9 Å². The molecule has 3 saturated heterocycles. The molecule has 4 aliphatic rings. The van der Waals surface area contributed by atoms with Crippen molar-refractivity contribution >= 4 is 41.4 Å². The molecular formula is C57H102N8O26. The Morgan fingerprint density at radius 2 is 0.857 bits per heavy atom. The minimum atomic E-state index is -1.53. The fourth-order valence-electron chi connectivity index (χ4n) is 10.7. The molecule has 0 radical (unpaired) electrons. The van der Waals surface area contributed by atoms with Gasteiger partial charge in [0.05, 0.1) is 110 Å². The lowest BCUT2D eigenvalue weighted by Crippen LogP contribution is -2.64. The van der Waals surface area contributed by atoms with E-state index in [1.54, 1.807) is 0 Å². The summed E-state index contributed by atoms with van der Waals surface area (Å²) in [6.45, 7) is 6.03. The second-order valence-corrected chi connectivity index (χ2v) is 23.7. The molecule has 4 rings (SSSR count). The summed E-state index contributed by atoms with van der Waals surface area (Å²) in [6, 6.07) is -4.64. The molecule has 1 aliphatic carbocycles. The third-order valence-corrected chi connectivity index (χ3v) is 15.2. The van der Waals surface area contributed by atoms with Crippen LogP contribution in [0.2, 0.25) is 0 Å². The number of unbranched alkanes of at least 4 members (excludes halogenated alkanes) is 1.